The lowest BCUT2D eigenvalue weighted by Gasteiger charge is -2.74. The van der Waals surface area contributed by atoms with E-state index in [-0.39, 0.29) is 44.9 Å². The Morgan fingerprint density at radius 1 is 0.872 bits per heavy atom. The Morgan fingerprint density at radius 2 is 1.51 bits per heavy atom. The molecule has 1 heterocycles. The Kier molecular flexibility index (Phi) is 5.91. The van der Waals surface area contributed by atoms with Crippen molar-refractivity contribution < 1.29 is 28.9 Å². The van der Waals surface area contributed by atoms with E-state index in [0.29, 0.717) is 30.8 Å². The van der Waals surface area contributed by atoms with Crippen molar-refractivity contribution in [1.82, 2.24) is 0 Å². The highest BCUT2D eigenvalue weighted by molar-refractivity contribution is 5.76. The SMILES string of the molecule is COC(=O)[C@]1(C)CC[C@]2(C)CC[C@]3(C)[C@H]4CC[C@]56CO[C@](O)([C@@H]5C)[C@H](OC(C)=O)C[C@H]6[C@]4(C)CC[C@@]3(C)[C@@H]2C1. The highest BCUT2D eigenvalue weighted by Gasteiger charge is 2.76. The Labute approximate surface area is 235 Å². The van der Waals surface area contributed by atoms with Gasteiger partial charge < -0.3 is 19.3 Å². The van der Waals surface area contributed by atoms with Gasteiger partial charge in [-0.25, -0.2) is 0 Å². The summed E-state index contributed by atoms with van der Waals surface area (Å²) in [5, 5.41) is 11.6. The molecule has 2 bridgehead atoms. The first-order chi connectivity index (χ1) is 18.0. The topological polar surface area (TPSA) is 82.1 Å². The molecule has 0 aromatic carbocycles. The highest BCUT2D eigenvalue weighted by Crippen LogP contribution is 2.79. The van der Waals surface area contributed by atoms with Crippen LogP contribution >= 0.6 is 0 Å². The molecule has 1 N–H and O–H groups in total. The predicted octanol–water partition coefficient (Wildman–Crippen LogP) is 6.28. The third-order valence-electron chi connectivity index (χ3n) is 15.1. The third-order valence-corrected chi connectivity index (χ3v) is 15.1. The van der Waals surface area contributed by atoms with Crippen molar-refractivity contribution in [1.29, 1.82) is 0 Å². The monoisotopic (exact) mass is 544 g/mol. The van der Waals surface area contributed by atoms with Gasteiger partial charge >= 0.3 is 11.9 Å². The summed E-state index contributed by atoms with van der Waals surface area (Å²) in [5.74, 6) is -0.462. The number of rotatable bonds is 2. The minimum absolute atomic E-state index is 0.0397. The number of aliphatic hydroxyl groups is 1. The van der Waals surface area contributed by atoms with E-state index in [4.69, 9.17) is 14.2 Å². The molecule has 6 nitrogen and oxygen atoms in total. The molecule has 6 heteroatoms. The molecule has 1 aliphatic heterocycles. The van der Waals surface area contributed by atoms with E-state index in [0.717, 1.165) is 44.9 Å². The smallest absolute Gasteiger partial charge is 0.311 e. The first kappa shape index (κ1) is 28.0. The van der Waals surface area contributed by atoms with Crippen LogP contribution in [0.2, 0.25) is 0 Å². The van der Waals surface area contributed by atoms with E-state index >= 15 is 0 Å². The molecule has 39 heavy (non-hydrogen) atoms. The maximum absolute atomic E-state index is 13.0. The van der Waals surface area contributed by atoms with Crippen LogP contribution in [0.5, 0.6) is 0 Å². The van der Waals surface area contributed by atoms with Gasteiger partial charge in [0.25, 0.3) is 0 Å². The molecule has 0 aromatic heterocycles. The lowest BCUT2D eigenvalue weighted by molar-refractivity contribution is -0.293. The standard InChI is InChI=1S/C33H52O6/c1-20-32-10-9-22-29(5,23(32)17-25(39-21(2)34)33(20,36)38-19-32)14-16-31(7)24-18-28(4,26(35)37-8)12-11-27(24,3)13-15-30(22,31)6/h20,22-25,36H,9-19H2,1-8H3/t20-,22+,23+,24-,25-,27-,28-,29-,30-,31+,32+,33-/m1/s1. The van der Waals surface area contributed by atoms with Crippen molar-refractivity contribution in [3.63, 3.8) is 0 Å². The van der Waals surface area contributed by atoms with Crippen molar-refractivity contribution in [2.24, 2.45) is 56.2 Å². The maximum Gasteiger partial charge on any atom is 0.311 e. The molecule has 5 aliphatic carbocycles. The van der Waals surface area contributed by atoms with Gasteiger partial charge in [0.2, 0.25) is 5.79 Å². The van der Waals surface area contributed by atoms with Gasteiger partial charge in [-0.3, -0.25) is 9.59 Å². The molecular formula is C33H52O6. The molecule has 220 valence electrons. The first-order valence-corrected chi connectivity index (χ1v) is 15.7. The summed E-state index contributed by atoms with van der Waals surface area (Å²) in [4.78, 5) is 25.1. The van der Waals surface area contributed by atoms with E-state index in [1.807, 2.05) is 0 Å². The lowest BCUT2D eigenvalue weighted by Crippen LogP contribution is -2.69. The first-order valence-electron chi connectivity index (χ1n) is 15.7. The fourth-order valence-electron chi connectivity index (χ4n) is 12.5. The zero-order valence-corrected chi connectivity index (χ0v) is 25.7. The van der Waals surface area contributed by atoms with Crippen LogP contribution in [0.4, 0.5) is 0 Å². The van der Waals surface area contributed by atoms with Crippen LogP contribution in [0.3, 0.4) is 0 Å². The van der Waals surface area contributed by atoms with Gasteiger partial charge in [0, 0.05) is 18.3 Å². The van der Waals surface area contributed by atoms with Crippen molar-refractivity contribution in [2.45, 2.75) is 125 Å². The zero-order valence-electron chi connectivity index (χ0n) is 25.7. The summed E-state index contributed by atoms with van der Waals surface area (Å²) in [6.07, 6.45) is 9.95. The normalized spacial score (nSPS) is 57.8. The second-order valence-electron chi connectivity index (χ2n) is 16.3. The molecule has 0 radical (unpaired) electrons. The summed E-state index contributed by atoms with van der Waals surface area (Å²) < 4.78 is 17.3. The Hall–Kier alpha value is -1.14. The largest absolute Gasteiger partial charge is 0.469 e. The molecule has 0 unspecified atom stereocenters. The Morgan fingerprint density at radius 3 is 2.18 bits per heavy atom. The third kappa shape index (κ3) is 3.28. The van der Waals surface area contributed by atoms with Gasteiger partial charge in [-0.15, -0.1) is 0 Å². The molecule has 0 amide bonds. The minimum atomic E-state index is -1.38. The number of carbonyl (C=O) groups excluding carboxylic acids is 2. The average Bonchev–Trinajstić information content (AvgIpc) is 3.05. The Balaban J connectivity index is 1.38. The molecule has 5 saturated carbocycles. The predicted molar refractivity (Wildman–Crippen MR) is 147 cm³/mol. The summed E-state index contributed by atoms with van der Waals surface area (Å²) >= 11 is 0. The number of methoxy groups -OCH3 is 1. The number of hydrogen-bond donors (Lipinski definition) is 1. The average molecular weight is 545 g/mol. The number of carbonyl (C=O) groups is 2. The van der Waals surface area contributed by atoms with Crippen LogP contribution in [0, 0.1) is 56.2 Å². The van der Waals surface area contributed by atoms with Crippen molar-refractivity contribution in [2.75, 3.05) is 13.7 Å². The summed E-state index contributed by atoms with van der Waals surface area (Å²) in [6.45, 7) is 16.5. The fraction of sp³-hybridized carbons (Fsp3) is 0.939. The summed E-state index contributed by atoms with van der Waals surface area (Å²) in [5.41, 5.74) is 0.182. The minimum Gasteiger partial charge on any atom is -0.469 e. The highest BCUT2D eigenvalue weighted by atomic mass is 16.7. The van der Waals surface area contributed by atoms with Gasteiger partial charge in [-0.1, -0.05) is 34.6 Å². The number of fused-ring (bicyclic) bond motifs is 7. The van der Waals surface area contributed by atoms with Crippen LogP contribution in [-0.2, 0) is 23.8 Å². The maximum atomic E-state index is 13.0. The molecule has 1 saturated heterocycles. The van der Waals surface area contributed by atoms with Crippen LogP contribution < -0.4 is 0 Å². The van der Waals surface area contributed by atoms with Gasteiger partial charge in [-0.2, -0.15) is 0 Å². The van der Waals surface area contributed by atoms with E-state index in [1.165, 1.54) is 19.8 Å². The van der Waals surface area contributed by atoms with Crippen LogP contribution in [0.1, 0.15) is 113 Å². The fourth-order valence-corrected chi connectivity index (χ4v) is 12.5. The van der Waals surface area contributed by atoms with Crippen molar-refractivity contribution in [3.05, 3.63) is 0 Å². The van der Waals surface area contributed by atoms with E-state index in [9.17, 15) is 14.7 Å². The van der Waals surface area contributed by atoms with Crippen LogP contribution in [-0.4, -0.2) is 42.7 Å². The van der Waals surface area contributed by atoms with Gasteiger partial charge in [0.15, 0.2) is 6.10 Å². The number of esters is 2. The quantitative estimate of drug-likeness (QED) is 0.412. The van der Waals surface area contributed by atoms with E-state index < -0.39 is 17.3 Å². The Bertz CT molecular complexity index is 1070. The number of ether oxygens (including phenoxy) is 3. The molecule has 6 rings (SSSR count). The second-order valence-corrected chi connectivity index (χ2v) is 16.3. The summed E-state index contributed by atoms with van der Waals surface area (Å²) in [7, 11) is 1.54. The molecule has 12 atom stereocenters. The molecule has 6 fully saturated rings. The number of hydrogen-bond acceptors (Lipinski definition) is 6. The van der Waals surface area contributed by atoms with E-state index in [1.54, 1.807) is 7.11 Å². The lowest BCUT2D eigenvalue weighted by atomic mass is 9.30. The molecule has 6 aliphatic rings. The second kappa shape index (κ2) is 8.24. The van der Waals surface area contributed by atoms with Crippen molar-refractivity contribution >= 4 is 11.9 Å². The van der Waals surface area contributed by atoms with Crippen LogP contribution in [0.15, 0.2) is 0 Å². The molecule has 0 aromatic rings. The zero-order chi connectivity index (χ0) is 28.4. The van der Waals surface area contributed by atoms with Gasteiger partial charge in [0.1, 0.15) is 0 Å². The van der Waals surface area contributed by atoms with E-state index in [2.05, 4.69) is 41.5 Å². The van der Waals surface area contributed by atoms with Crippen molar-refractivity contribution in [3.8, 4) is 0 Å². The molecular weight excluding hydrogens is 492 g/mol. The van der Waals surface area contributed by atoms with Gasteiger partial charge in [-0.05, 0) is 111 Å². The van der Waals surface area contributed by atoms with Crippen LogP contribution in [0.25, 0.3) is 0 Å². The van der Waals surface area contributed by atoms with Gasteiger partial charge in [0.05, 0.1) is 19.1 Å². The molecule has 1 spiro atoms. The summed E-state index contributed by atoms with van der Waals surface area (Å²) in [6, 6.07) is 0.